The quantitative estimate of drug-likeness (QED) is 0.756. The lowest BCUT2D eigenvalue weighted by Gasteiger charge is -2.32. The van der Waals surface area contributed by atoms with Gasteiger partial charge in [0, 0.05) is 11.6 Å². The Morgan fingerprint density at radius 3 is 2.45 bits per heavy atom. The molecule has 0 saturated carbocycles. The summed E-state index contributed by atoms with van der Waals surface area (Å²) in [6.07, 6.45) is 1.66. The Bertz CT molecular complexity index is 563. The second-order valence-electron chi connectivity index (χ2n) is 5.48. The topological polar surface area (TPSA) is 46.6 Å². The lowest BCUT2D eigenvalue weighted by Crippen LogP contribution is -2.48. The molecule has 0 N–H and O–H groups in total. The molecule has 1 rings (SSSR count). The van der Waals surface area contributed by atoms with Crippen molar-refractivity contribution in [1.82, 2.24) is 4.90 Å². The summed E-state index contributed by atoms with van der Waals surface area (Å²) >= 11 is 0. The van der Waals surface area contributed by atoms with Crippen LogP contribution in [0.2, 0.25) is 0 Å². The van der Waals surface area contributed by atoms with Gasteiger partial charge < -0.3 is 9.64 Å². The van der Waals surface area contributed by atoms with E-state index in [-0.39, 0.29) is 11.9 Å². The van der Waals surface area contributed by atoms with Crippen molar-refractivity contribution in [3.05, 3.63) is 41.5 Å². The van der Waals surface area contributed by atoms with Gasteiger partial charge in [0.25, 0.3) is 5.91 Å². The molecule has 4 nitrogen and oxygen atoms in total. The van der Waals surface area contributed by atoms with Crippen molar-refractivity contribution in [2.24, 2.45) is 0 Å². The molecule has 0 spiro atoms. The Labute approximate surface area is 132 Å². The number of rotatable bonds is 6. The van der Waals surface area contributed by atoms with Crippen LogP contribution in [-0.2, 0) is 9.53 Å². The van der Waals surface area contributed by atoms with E-state index >= 15 is 0 Å². The first-order chi connectivity index (χ1) is 10.3. The van der Waals surface area contributed by atoms with Gasteiger partial charge in [-0.25, -0.2) is 4.79 Å². The zero-order valence-electron chi connectivity index (χ0n) is 14.1. The van der Waals surface area contributed by atoms with Gasteiger partial charge in [-0.2, -0.15) is 0 Å². The van der Waals surface area contributed by atoms with E-state index in [4.69, 9.17) is 4.74 Å². The third-order valence-corrected chi connectivity index (χ3v) is 3.57. The minimum absolute atomic E-state index is 0.121. The molecule has 0 radical (unpaired) electrons. The van der Waals surface area contributed by atoms with Gasteiger partial charge in [-0.3, -0.25) is 4.79 Å². The fraction of sp³-hybridized carbons (Fsp3) is 0.444. The fourth-order valence-corrected chi connectivity index (χ4v) is 2.52. The van der Waals surface area contributed by atoms with E-state index in [9.17, 15) is 9.59 Å². The van der Waals surface area contributed by atoms with Crippen LogP contribution in [0.3, 0.4) is 0 Å². The lowest BCUT2D eigenvalue weighted by molar-refractivity contribution is -0.148. The average Bonchev–Trinajstić information content (AvgIpc) is 2.46. The van der Waals surface area contributed by atoms with E-state index < -0.39 is 12.0 Å². The molecule has 1 aromatic rings. The molecule has 0 aliphatic rings. The zero-order valence-corrected chi connectivity index (χ0v) is 14.1. The van der Waals surface area contributed by atoms with E-state index in [1.807, 2.05) is 39.0 Å². The number of hydrogen-bond donors (Lipinski definition) is 0. The van der Waals surface area contributed by atoms with E-state index in [1.165, 1.54) is 0 Å². The van der Waals surface area contributed by atoms with Crippen LogP contribution in [-0.4, -0.2) is 35.5 Å². The van der Waals surface area contributed by atoms with E-state index in [1.54, 1.807) is 24.8 Å². The highest BCUT2D eigenvalue weighted by molar-refractivity contribution is 6.01. The number of hydrogen-bond acceptors (Lipinski definition) is 3. The molecule has 0 fully saturated rings. The van der Waals surface area contributed by atoms with Crippen LogP contribution in [0, 0.1) is 6.92 Å². The van der Waals surface area contributed by atoms with Crippen LogP contribution in [0.15, 0.2) is 24.8 Å². The maximum absolute atomic E-state index is 13.0. The van der Waals surface area contributed by atoms with Crippen molar-refractivity contribution in [3.63, 3.8) is 0 Å². The molecule has 1 aromatic carbocycles. The molecular formula is C18H25NO3. The van der Waals surface area contributed by atoms with Crippen molar-refractivity contribution in [2.45, 2.75) is 46.7 Å². The van der Waals surface area contributed by atoms with E-state index in [0.29, 0.717) is 12.2 Å². The molecule has 0 bridgehead atoms. The monoisotopic (exact) mass is 303 g/mol. The van der Waals surface area contributed by atoms with Gasteiger partial charge in [0.1, 0.15) is 6.04 Å². The van der Waals surface area contributed by atoms with Crippen LogP contribution in [0.5, 0.6) is 0 Å². The third-order valence-electron chi connectivity index (χ3n) is 3.57. The van der Waals surface area contributed by atoms with Gasteiger partial charge in [-0.1, -0.05) is 30.9 Å². The van der Waals surface area contributed by atoms with Gasteiger partial charge in [-0.15, -0.1) is 0 Å². The Balaban J connectivity index is 3.26. The largest absolute Gasteiger partial charge is 0.464 e. The summed E-state index contributed by atoms with van der Waals surface area (Å²) in [5, 5.41) is 0. The fourth-order valence-electron chi connectivity index (χ4n) is 2.52. The first-order valence-corrected chi connectivity index (χ1v) is 7.56. The molecule has 120 valence electrons. The minimum Gasteiger partial charge on any atom is -0.464 e. The van der Waals surface area contributed by atoms with Crippen molar-refractivity contribution >= 4 is 18.0 Å². The molecule has 22 heavy (non-hydrogen) atoms. The number of aryl methyl sites for hydroxylation is 1. The van der Waals surface area contributed by atoms with Gasteiger partial charge in [0.15, 0.2) is 0 Å². The predicted octanol–water partition coefficient (Wildman–Crippen LogP) is 3.44. The highest BCUT2D eigenvalue weighted by atomic mass is 16.5. The first-order valence-electron chi connectivity index (χ1n) is 7.56. The highest BCUT2D eigenvalue weighted by Gasteiger charge is 2.31. The number of carbonyl (C=O) groups is 2. The Kier molecular flexibility index (Phi) is 6.35. The Hall–Kier alpha value is -2.10. The van der Waals surface area contributed by atoms with Crippen molar-refractivity contribution in [1.29, 1.82) is 0 Å². The van der Waals surface area contributed by atoms with Crippen LogP contribution >= 0.6 is 0 Å². The van der Waals surface area contributed by atoms with Crippen molar-refractivity contribution in [2.75, 3.05) is 6.61 Å². The highest BCUT2D eigenvalue weighted by Crippen LogP contribution is 2.21. The zero-order chi connectivity index (χ0) is 16.9. The van der Waals surface area contributed by atoms with Crippen LogP contribution in [0.1, 0.15) is 49.2 Å². The van der Waals surface area contributed by atoms with Crippen LogP contribution < -0.4 is 0 Å². The second-order valence-corrected chi connectivity index (χ2v) is 5.48. The van der Waals surface area contributed by atoms with Crippen LogP contribution in [0.25, 0.3) is 6.08 Å². The molecule has 0 aliphatic carbocycles. The minimum atomic E-state index is -0.635. The van der Waals surface area contributed by atoms with Gasteiger partial charge in [0.2, 0.25) is 0 Å². The molecule has 0 saturated heterocycles. The smallest absolute Gasteiger partial charge is 0.328 e. The summed E-state index contributed by atoms with van der Waals surface area (Å²) in [5.41, 5.74) is 2.22. The maximum atomic E-state index is 13.0. The summed E-state index contributed by atoms with van der Waals surface area (Å²) in [5.74, 6) is -0.568. The van der Waals surface area contributed by atoms with Crippen LogP contribution in [0.4, 0.5) is 0 Å². The van der Waals surface area contributed by atoms with Gasteiger partial charge >= 0.3 is 5.97 Å². The summed E-state index contributed by atoms with van der Waals surface area (Å²) in [7, 11) is 0. The predicted molar refractivity (Wildman–Crippen MR) is 88.7 cm³/mol. The normalized spacial score (nSPS) is 11.9. The molecule has 1 unspecified atom stereocenters. The molecule has 0 aromatic heterocycles. The second kappa shape index (κ2) is 7.78. The number of nitrogens with zero attached hydrogens (tertiary/aromatic N) is 1. The molecule has 4 heteroatoms. The van der Waals surface area contributed by atoms with Gasteiger partial charge in [-0.05, 0) is 45.7 Å². The molecule has 1 atom stereocenters. The average molecular weight is 303 g/mol. The number of esters is 1. The van der Waals surface area contributed by atoms with Gasteiger partial charge in [0.05, 0.1) is 6.61 Å². The lowest BCUT2D eigenvalue weighted by atomic mass is 9.99. The SMILES string of the molecule is C=Cc1cccc(C)c1C(=O)N(C(C)C)C(C)C(=O)OCC. The van der Waals surface area contributed by atoms with Crippen molar-refractivity contribution in [3.8, 4) is 0 Å². The van der Waals surface area contributed by atoms with Crippen molar-refractivity contribution < 1.29 is 14.3 Å². The molecule has 0 heterocycles. The van der Waals surface area contributed by atoms with E-state index in [2.05, 4.69) is 6.58 Å². The van der Waals surface area contributed by atoms with E-state index in [0.717, 1.165) is 11.1 Å². The first kappa shape index (κ1) is 18.0. The third kappa shape index (κ3) is 3.75. The number of ether oxygens (including phenoxy) is 1. The molecule has 0 aliphatic heterocycles. The Morgan fingerprint density at radius 2 is 1.95 bits per heavy atom. The Morgan fingerprint density at radius 1 is 1.32 bits per heavy atom. The number of benzene rings is 1. The summed E-state index contributed by atoms with van der Waals surface area (Å²) in [6.45, 7) is 13.2. The molecular weight excluding hydrogens is 278 g/mol. The maximum Gasteiger partial charge on any atom is 0.328 e. The number of amides is 1. The molecule has 1 amide bonds. The summed E-state index contributed by atoms with van der Waals surface area (Å²) in [6, 6.07) is 4.86. The summed E-state index contributed by atoms with van der Waals surface area (Å²) in [4.78, 5) is 26.6. The standard InChI is InChI=1S/C18H25NO3/c1-7-15-11-9-10-13(5)16(15)17(20)19(12(3)4)14(6)18(21)22-8-2/h7,9-12,14H,1,8H2,2-6H3. The number of carbonyl (C=O) groups excluding carboxylic acids is 2. The summed E-state index contributed by atoms with van der Waals surface area (Å²) < 4.78 is 5.05.